The molecule has 0 amide bonds. The summed E-state index contributed by atoms with van der Waals surface area (Å²) in [5, 5.41) is 6.90. The van der Waals surface area contributed by atoms with Gasteiger partial charge in [-0.2, -0.15) is 0 Å². The third kappa shape index (κ3) is 6.93. The Balaban J connectivity index is 2.13. The molecule has 0 saturated carbocycles. The molecule has 148 valence electrons. The van der Waals surface area contributed by atoms with Gasteiger partial charge in [-0.3, -0.25) is 0 Å². The normalized spacial score (nSPS) is 10.6. The van der Waals surface area contributed by atoms with Gasteiger partial charge in [0.05, 0.1) is 11.4 Å². The third-order valence-corrected chi connectivity index (χ3v) is 4.42. The van der Waals surface area contributed by atoms with Crippen LogP contribution < -0.4 is 26.8 Å². The largest absolute Gasteiger partial charge is 0.453 e. The van der Waals surface area contributed by atoms with Gasteiger partial charge in [0.2, 0.25) is 0 Å². The molecule has 5 heteroatoms. The molecule has 0 aliphatic rings. The van der Waals surface area contributed by atoms with Gasteiger partial charge in [-0.25, -0.2) is 0 Å². The van der Waals surface area contributed by atoms with E-state index < -0.39 is 0 Å². The minimum absolute atomic E-state index is 0.718. The Hall–Kier alpha value is -2.56. The molecule has 5 nitrogen and oxygen atoms in total. The summed E-state index contributed by atoms with van der Waals surface area (Å²) in [4.78, 5) is 0. The maximum Gasteiger partial charge on any atom is 0.150 e. The second kappa shape index (κ2) is 11.2. The predicted octanol–water partition coefficient (Wildman–Crippen LogP) is 5.85. The highest BCUT2D eigenvalue weighted by Gasteiger charge is 2.10. The Bertz CT molecular complexity index is 643. The fraction of sp³-hybridized carbons (Fsp3) is 0.455. The van der Waals surface area contributed by atoms with Crippen LogP contribution in [0.5, 0.6) is 11.5 Å². The molecule has 2 aromatic carbocycles. The number of benzene rings is 2. The van der Waals surface area contributed by atoms with Gasteiger partial charge in [-0.1, -0.05) is 39.5 Å². The Morgan fingerprint density at radius 2 is 1.15 bits per heavy atom. The van der Waals surface area contributed by atoms with E-state index in [9.17, 15) is 0 Å². The Labute approximate surface area is 163 Å². The summed E-state index contributed by atoms with van der Waals surface area (Å²) >= 11 is 0. The van der Waals surface area contributed by atoms with Crippen molar-refractivity contribution in [2.75, 3.05) is 35.2 Å². The number of anilines is 4. The lowest BCUT2D eigenvalue weighted by molar-refractivity contribution is 0.486. The fourth-order valence-electron chi connectivity index (χ4n) is 2.86. The van der Waals surface area contributed by atoms with Crippen LogP contribution in [0, 0.1) is 0 Å². The highest BCUT2D eigenvalue weighted by Crippen LogP contribution is 2.36. The second-order valence-corrected chi connectivity index (χ2v) is 6.88. The van der Waals surface area contributed by atoms with Gasteiger partial charge in [0, 0.05) is 24.5 Å². The Kier molecular flexibility index (Phi) is 8.62. The highest BCUT2D eigenvalue weighted by atomic mass is 16.5. The van der Waals surface area contributed by atoms with Crippen LogP contribution in [0.2, 0.25) is 0 Å². The van der Waals surface area contributed by atoms with Crippen LogP contribution in [0.3, 0.4) is 0 Å². The zero-order valence-electron chi connectivity index (χ0n) is 16.7. The molecule has 0 fully saturated rings. The van der Waals surface area contributed by atoms with Gasteiger partial charge in [-0.05, 0) is 49.2 Å². The molecule has 2 aromatic rings. The Morgan fingerprint density at radius 1 is 0.704 bits per heavy atom. The first-order valence-electron chi connectivity index (χ1n) is 10.1. The molecule has 6 N–H and O–H groups in total. The second-order valence-electron chi connectivity index (χ2n) is 6.88. The lowest BCUT2D eigenvalue weighted by Crippen LogP contribution is -2.06. The molecular formula is C22H34N4O. The summed E-state index contributed by atoms with van der Waals surface area (Å²) < 4.78 is 6.23. The molecule has 0 unspecified atom stereocenters. The maximum atomic E-state index is 6.23. The molecule has 0 bridgehead atoms. The van der Waals surface area contributed by atoms with Gasteiger partial charge < -0.3 is 26.8 Å². The molecule has 0 saturated heterocycles. The van der Waals surface area contributed by atoms with Crippen LogP contribution >= 0.6 is 0 Å². The summed E-state index contributed by atoms with van der Waals surface area (Å²) in [5.41, 5.74) is 15.2. The standard InChI is InChI=1S/C22H34N4O/c1-3-5-7-13-25-19-15-17(23)9-11-21(19)27-22-12-10-18(24)16-20(22)26-14-8-6-4-2/h9-12,15-16,25-26H,3-8,13-14,23-24H2,1-2H3. The number of nitrogens with two attached hydrogens (primary N) is 2. The van der Waals surface area contributed by atoms with Crippen molar-refractivity contribution < 1.29 is 4.74 Å². The molecule has 0 aromatic heterocycles. The monoisotopic (exact) mass is 370 g/mol. The van der Waals surface area contributed by atoms with E-state index in [-0.39, 0.29) is 0 Å². The fourth-order valence-corrected chi connectivity index (χ4v) is 2.86. The van der Waals surface area contributed by atoms with Gasteiger partial charge in [0.25, 0.3) is 0 Å². The molecule has 0 radical (unpaired) electrons. The van der Waals surface area contributed by atoms with Crippen LogP contribution in [0.15, 0.2) is 36.4 Å². The average molecular weight is 371 g/mol. The summed E-state index contributed by atoms with van der Waals surface area (Å²) in [5.74, 6) is 1.53. The first-order valence-corrected chi connectivity index (χ1v) is 10.1. The van der Waals surface area contributed by atoms with Crippen LogP contribution in [-0.4, -0.2) is 13.1 Å². The van der Waals surface area contributed by atoms with E-state index in [4.69, 9.17) is 16.2 Å². The summed E-state index contributed by atoms with van der Waals surface area (Å²) in [6, 6.07) is 11.4. The SMILES string of the molecule is CCCCCNc1cc(N)ccc1Oc1ccc(N)cc1NCCCCC. The van der Waals surface area contributed by atoms with Crippen molar-refractivity contribution in [3.63, 3.8) is 0 Å². The minimum Gasteiger partial charge on any atom is -0.453 e. The Morgan fingerprint density at radius 3 is 1.56 bits per heavy atom. The molecule has 0 heterocycles. The zero-order valence-corrected chi connectivity index (χ0v) is 16.7. The van der Waals surface area contributed by atoms with Crippen LogP contribution in [0.4, 0.5) is 22.7 Å². The van der Waals surface area contributed by atoms with E-state index in [0.29, 0.717) is 0 Å². The number of unbranched alkanes of at least 4 members (excludes halogenated alkanes) is 4. The van der Waals surface area contributed by atoms with Crippen molar-refractivity contribution in [3.05, 3.63) is 36.4 Å². The molecule has 0 aliphatic carbocycles. The average Bonchev–Trinajstić information content (AvgIpc) is 2.66. The van der Waals surface area contributed by atoms with E-state index >= 15 is 0 Å². The van der Waals surface area contributed by atoms with Crippen LogP contribution in [-0.2, 0) is 0 Å². The van der Waals surface area contributed by atoms with Gasteiger partial charge in [-0.15, -0.1) is 0 Å². The lowest BCUT2D eigenvalue weighted by atomic mass is 10.2. The minimum atomic E-state index is 0.718. The van der Waals surface area contributed by atoms with Crippen molar-refractivity contribution in [2.24, 2.45) is 0 Å². The van der Waals surface area contributed by atoms with Crippen LogP contribution in [0.25, 0.3) is 0 Å². The van der Waals surface area contributed by atoms with Gasteiger partial charge in [0.1, 0.15) is 0 Å². The van der Waals surface area contributed by atoms with Gasteiger partial charge in [0.15, 0.2) is 11.5 Å². The van der Waals surface area contributed by atoms with Crippen LogP contribution in [0.1, 0.15) is 52.4 Å². The first kappa shape index (κ1) is 20.7. The highest BCUT2D eigenvalue weighted by molar-refractivity contribution is 5.68. The maximum absolute atomic E-state index is 6.23. The number of rotatable bonds is 12. The van der Waals surface area contributed by atoms with Crippen molar-refractivity contribution in [2.45, 2.75) is 52.4 Å². The van der Waals surface area contributed by atoms with E-state index in [1.54, 1.807) is 0 Å². The summed E-state index contributed by atoms with van der Waals surface area (Å²) in [6.45, 7) is 6.20. The van der Waals surface area contributed by atoms with E-state index in [1.165, 1.54) is 25.7 Å². The predicted molar refractivity (Wildman–Crippen MR) is 118 cm³/mol. The van der Waals surface area contributed by atoms with Crippen molar-refractivity contribution in [3.8, 4) is 11.5 Å². The number of nitrogen functional groups attached to an aromatic ring is 2. The molecule has 0 spiro atoms. The number of ether oxygens (including phenoxy) is 1. The summed E-state index contributed by atoms with van der Waals surface area (Å²) in [6.07, 6.45) is 7.04. The van der Waals surface area contributed by atoms with Crippen molar-refractivity contribution >= 4 is 22.7 Å². The van der Waals surface area contributed by atoms with E-state index in [2.05, 4.69) is 24.5 Å². The first-order chi connectivity index (χ1) is 13.1. The molecular weight excluding hydrogens is 336 g/mol. The quantitative estimate of drug-likeness (QED) is 0.278. The van der Waals surface area contributed by atoms with E-state index in [0.717, 1.165) is 60.2 Å². The number of nitrogens with one attached hydrogen (secondary N) is 2. The van der Waals surface area contributed by atoms with Crippen molar-refractivity contribution in [1.82, 2.24) is 0 Å². The van der Waals surface area contributed by atoms with Crippen molar-refractivity contribution in [1.29, 1.82) is 0 Å². The van der Waals surface area contributed by atoms with Gasteiger partial charge >= 0.3 is 0 Å². The molecule has 27 heavy (non-hydrogen) atoms. The summed E-state index contributed by atoms with van der Waals surface area (Å²) in [7, 11) is 0. The molecule has 0 atom stereocenters. The van der Waals surface area contributed by atoms with E-state index in [1.807, 2.05) is 36.4 Å². The smallest absolute Gasteiger partial charge is 0.150 e. The lowest BCUT2D eigenvalue weighted by Gasteiger charge is -2.17. The number of hydrogen-bond acceptors (Lipinski definition) is 5. The topological polar surface area (TPSA) is 85.3 Å². The molecule has 0 aliphatic heterocycles. The molecule has 2 rings (SSSR count). The zero-order chi connectivity index (χ0) is 19.5. The third-order valence-electron chi connectivity index (χ3n) is 4.42. The number of hydrogen-bond donors (Lipinski definition) is 4.